The first-order valence-corrected chi connectivity index (χ1v) is 9.49. The molecular weight excluding hydrogens is 378 g/mol. The molecular formula is C24H23N3O3. The smallest absolute Gasteiger partial charge is 0.271 e. The van der Waals surface area contributed by atoms with Gasteiger partial charge in [0.1, 0.15) is 12.4 Å². The van der Waals surface area contributed by atoms with Gasteiger partial charge in [0, 0.05) is 18.2 Å². The number of carbonyl (C=O) groups excluding carboxylic acids is 2. The second-order valence-electron chi connectivity index (χ2n) is 6.80. The average Bonchev–Trinajstić information content (AvgIpc) is 2.74. The second-order valence-corrected chi connectivity index (χ2v) is 6.80. The molecule has 0 saturated heterocycles. The average molecular weight is 401 g/mol. The van der Waals surface area contributed by atoms with Crippen LogP contribution in [0.4, 0.5) is 5.69 Å². The number of carbonyl (C=O) groups is 2. The molecule has 6 nitrogen and oxygen atoms in total. The van der Waals surface area contributed by atoms with Crippen molar-refractivity contribution in [1.29, 1.82) is 0 Å². The molecule has 0 aromatic heterocycles. The highest BCUT2D eigenvalue weighted by molar-refractivity contribution is 5.95. The molecule has 0 aliphatic heterocycles. The molecule has 2 amide bonds. The highest BCUT2D eigenvalue weighted by atomic mass is 16.5. The van der Waals surface area contributed by atoms with Crippen molar-refractivity contribution in [1.82, 2.24) is 5.43 Å². The summed E-state index contributed by atoms with van der Waals surface area (Å²) in [6.45, 7) is 3.97. The lowest BCUT2D eigenvalue weighted by molar-refractivity contribution is -0.114. The van der Waals surface area contributed by atoms with Crippen LogP contribution in [0.1, 0.15) is 34.0 Å². The number of aryl methyl sites for hydroxylation is 1. The Morgan fingerprint density at radius 2 is 1.60 bits per heavy atom. The maximum Gasteiger partial charge on any atom is 0.271 e. The monoisotopic (exact) mass is 401 g/mol. The number of hydrogen-bond acceptors (Lipinski definition) is 4. The molecule has 3 rings (SSSR count). The molecule has 0 atom stereocenters. The van der Waals surface area contributed by atoms with Crippen LogP contribution in [0.25, 0.3) is 0 Å². The summed E-state index contributed by atoms with van der Waals surface area (Å²) in [7, 11) is 0. The maximum atomic E-state index is 12.2. The normalized spacial score (nSPS) is 10.6. The zero-order valence-electron chi connectivity index (χ0n) is 16.9. The first kappa shape index (κ1) is 20.8. The van der Waals surface area contributed by atoms with Gasteiger partial charge in [-0.3, -0.25) is 9.59 Å². The van der Waals surface area contributed by atoms with Crippen molar-refractivity contribution >= 4 is 23.7 Å². The number of rotatable bonds is 7. The van der Waals surface area contributed by atoms with Crippen molar-refractivity contribution in [3.8, 4) is 5.75 Å². The van der Waals surface area contributed by atoms with Crippen LogP contribution in [0, 0.1) is 6.92 Å². The van der Waals surface area contributed by atoms with Crippen LogP contribution in [0.5, 0.6) is 5.75 Å². The predicted octanol–water partition coefficient (Wildman–Crippen LogP) is 4.30. The van der Waals surface area contributed by atoms with E-state index in [4.69, 9.17) is 4.74 Å². The Bertz CT molecular complexity index is 1020. The molecule has 0 spiro atoms. The molecule has 0 unspecified atom stereocenters. The highest BCUT2D eigenvalue weighted by Crippen LogP contribution is 2.15. The minimum absolute atomic E-state index is 0.129. The van der Waals surface area contributed by atoms with E-state index in [-0.39, 0.29) is 11.8 Å². The van der Waals surface area contributed by atoms with Gasteiger partial charge in [0.15, 0.2) is 0 Å². The fraction of sp³-hybridized carbons (Fsp3) is 0.125. The van der Waals surface area contributed by atoms with Gasteiger partial charge in [-0.25, -0.2) is 5.43 Å². The number of anilines is 1. The van der Waals surface area contributed by atoms with E-state index in [9.17, 15) is 9.59 Å². The molecule has 0 radical (unpaired) electrons. The third kappa shape index (κ3) is 6.31. The molecule has 3 aromatic rings. The van der Waals surface area contributed by atoms with Gasteiger partial charge in [-0.2, -0.15) is 5.10 Å². The number of nitrogens with one attached hydrogen (secondary N) is 2. The zero-order chi connectivity index (χ0) is 21.3. The summed E-state index contributed by atoms with van der Waals surface area (Å²) in [5.41, 5.74) is 6.77. The van der Waals surface area contributed by atoms with Crippen molar-refractivity contribution in [2.45, 2.75) is 20.5 Å². The van der Waals surface area contributed by atoms with Crippen molar-refractivity contribution in [3.05, 3.63) is 95.1 Å². The molecule has 6 heteroatoms. The lowest BCUT2D eigenvalue weighted by Gasteiger charge is -2.07. The van der Waals surface area contributed by atoms with Gasteiger partial charge in [-0.1, -0.05) is 42.0 Å². The Labute approximate surface area is 175 Å². The topological polar surface area (TPSA) is 79.8 Å². The van der Waals surface area contributed by atoms with Crippen LogP contribution in [0.3, 0.4) is 0 Å². The number of benzene rings is 3. The Balaban J connectivity index is 1.49. The lowest BCUT2D eigenvalue weighted by atomic mass is 10.2. The molecule has 0 aliphatic rings. The predicted molar refractivity (Wildman–Crippen MR) is 118 cm³/mol. The van der Waals surface area contributed by atoms with E-state index in [0.717, 1.165) is 11.1 Å². The molecule has 2 N–H and O–H groups in total. The summed E-state index contributed by atoms with van der Waals surface area (Å²) in [6, 6.07) is 22.2. The molecule has 0 bridgehead atoms. The van der Waals surface area contributed by atoms with Crippen LogP contribution >= 0.6 is 0 Å². The molecule has 152 valence electrons. The third-order valence-corrected chi connectivity index (χ3v) is 4.25. The molecule has 0 heterocycles. The number of nitrogens with zero attached hydrogens (tertiary/aromatic N) is 1. The molecule has 30 heavy (non-hydrogen) atoms. The number of ether oxygens (including phenoxy) is 1. The fourth-order valence-electron chi connectivity index (χ4n) is 2.64. The third-order valence-electron chi connectivity index (χ3n) is 4.25. The van der Waals surface area contributed by atoms with Crippen LogP contribution in [0.15, 0.2) is 77.9 Å². The van der Waals surface area contributed by atoms with Crippen LogP contribution < -0.4 is 15.5 Å². The summed E-state index contributed by atoms with van der Waals surface area (Å²) in [5.74, 6) is 0.247. The summed E-state index contributed by atoms with van der Waals surface area (Å²) >= 11 is 0. The van der Waals surface area contributed by atoms with Crippen molar-refractivity contribution in [3.63, 3.8) is 0 Å². The summed E-state index contributed by atoms with van der Waals surface area (Å²) in [6.07, 6.45) is 1.54. The van der Waals surface area contributed by atoms with E-state index in [0.29, 0.717) is 23.6 Å². The van der Waals surface area contributed by atoms with E-state index in [1.165, 1.54) is 18.7 Å². The minimum atomic E-state index is -0.314. The molecule has 0 saturated carbocycles. The molecule has 3 aromatic carbocycles. The number of amides is 2. The van der Waals surface area contributed by atoms with Crippen LogP contribution in [-0.4, -0.2) is 18.0 Å². The van der Waals surface area contributed by atoms with Gasteiger partial charge in [0.2, 0.25) is 5.91 Å². The Kier molecular flexibility index (Phi) is 6.95. The van der Waals surface area contributed by atoms with Gasteiger partial charge in [-0.05, 0) is 54.4 Å². The van der Waals surface area contributed by atoms with E-state index in [1.54, 1.807) is 48.5 Å². The van der Waals surface area contributed by atoms with E-state index in [2.05, 4.69) is 15.8 Å². The fourth-order valence-corrected chi connectivity index (χ4v) is 2.64. The van der Waals surface area contributed by atoms with Gasteiger partial charge in [0.05, 0.1) is 6.21 Å². The van der Waals surface area contributed by atoms with Crippen LogP contribution in [-0.2, 0) is 11.4 Å². The van der Waals surface area contributed by atoms with E-state index in [1.807, 2.05) is 31.2 Å². The zero-order valence-corrected chi connectivity index (χ0v) is 16.9. The van der Waals surface area contributed by atoms with Gasteiger partial charge in [-0.15, -0.1) is 0 Å². The number of hydrogen-bond donors (Lipinski definition) is 2. The molecule has 0 aliphatic carbocycles. The Morgan fingerprint density at radius 1 is 0.933 bits per heavy atom. The lowest BCUT2D eigenvalue weighted by Crippen LogP contribution is -2.17. The minimum Gasteiger partial charge on any atom is -0.489 e. The van der Waals surface area contributed by atoms with Crippen molar-refractivity contribution in [2.75, 3.05) is 5.32 Å². The largest absolute Gasteiger partial charge is 0.489 e. The number of hydrazone groups is 1. The summed E-state index contributed by atoms with van der Waals surface area (Å²) in [5, 5.41) is 6.66. The Hall–Kier alpha value is -3.93. The van der Waals surface area contributed by atoms with E-state index >= 15 is 0 Å². The quantitative estimate of drug-likeness (QED) is 0.458. The first-order chi connectivity index (χ1) is 14.5. The standard InChI is InChI=1S/C24H23N3O3/c1-17-3-5-20(6-4-17)16-30-23-13-9-21(10-14-23)24(29)27-25-15-19-7-11-22(12-8-19)26-18(2)28/h3-15H,16H2,1-2H3,(H,26,28)(H,27,29)/b25-15+. The van der Waals surface area contributed by atoms with Crippen molar-refractivity contribution < 1.29 is 14.3 Å². The maximum absolute atomic E-state index is 12.2. The van der Waals surface area contributed by atoms with Gasteiger partial charge >= 0.3 is 0 Å². The second kappa shape index (κ2) is 10.0. The van der Waals surface area contributed by atoms with E-state index < -0.39 is 0 Å². The summed E-state index contributed by atoms with van der Waals surface area (Å²) < 4.78 is 5.75. The highest BCUT2D eigenvalue weighted by Gasteiger charge is 2.05. The SMILES string of the molecule is CC(=O)Nc1ccc(/C=N/NC(=O)c2ccc(OCc3ccc(C)cc3)cc2)cc1. The van der Waals surface area contributed by atoms with Crippen LogP contribution in [0.2, 0.25) is 0 Å². The van der Waals surface area contributed by atoms with Gasteiger partial charge < -0.3 is 10.1 Å². The van der Waals surface area contributed by atoms with Crippen molar-refractivity contribution in [2.24, 2.45) is 5.10 Å². The first-order valence-electron chi connectivity index (χ1n) is 9.49. The van der Waals surface area contributed by atoms with Gasteiger partial charge in [0.25, 0.3) is 5.91 Å². The Morgan fingerprint density at radius 3 is 2.23 bits per heavy atom. The molecule has 0 fully saturated rings. The summed E-state index contributed by atoms with van der Waals surface area (Å²) in [4.78, 5) is 23.2.